The molecule has 2 fully saturated rings. The van der Waals surface area contributed by atoms with E-state index >= 15 is 0 Å². The van der Waals surface area contributed by atoms with Gasteiger partial charge >= 0.3 is 0 Å². The highest BCUT2D eigenvalue weighted by Crippen LogP contribution is 2.60. The topological polar surface area (TPSA) is 97.3 Å². The lowest BCUT2D eigenvalue weighted by Gasteiger charge is -2.31. The van der Waals surface area contributed by atoms with Gasteiger partial charge in [0.1, 0.15) is 12.4 Å². The molecule has 10 heteroatoms. The predicted octanol–water partition coefficient (Wildman–Crippen LogP) is 5.09. The number of hydrogen-bond acceptors (Lipinski definition) is 6. The Labute approximate surface area is 244 Å². The minimum Gasteiger partial charge on any atom is -0.379 e. The number of carbonyl (C=O) groups is 1. The number of rotatable bonds is 10. The lowest BCUT2D eigenvalue weighted by molar-refractivity contribution is -0.122. The molecular weight excluding hydrogens is 532 g/mol. The Bertz CT molecular complexity index is 1440. The summed E-state index contributed by atoms with van der Waals surface area (Å²) < 4.78 is 13.7. The standard InChI is InChI=1S/C31H46N6O3Si/c1-7-21-14-25-26(16-24(21)34-30(38)20(2)36-8-10-39-11-9-36)33-29(32-25)28-23-15-22-17-31(22,3)18-27(23)37(35-28)19-40-12-13-41(4,5)6/h14,16,20,22H,7-13,15,17-19H2,1-6H3,(H,32,33)(H,34,38)/t20-,22+,31+/m0/s1. The third kappa shape index (κ3) is 5.89. The monoisotopic (exact) mass is 578 g/mol. The molecule has 2 aromatic heterocycles. The summed E-state index contributed by atoms with van der Waals surface area (Å²) in [7, 11) is -1.15. The molecule has 1 aliphatic heterocycles. The van der Waals surface area contributed by atoms with Gasteiger partial charge in [-0.3, -0.25) is 9.69 Å². The molecule has 222 valence electrons. The number of fused-ring (bicyclic) bond motifs is 3. The second kappa shape index (κ2) is 10.9. The Hall–Kier alpha value is -2.53. The zero-order chi connectivity index (χ0) is 28.9. The molecule has 0 spiro atoms. The summed E-state index contributed by atoms with van der Waals surface area (Å²) in [4.78, 5) is 24.0. The van der Waals surface area contributed by atoms with E-state index in [1.807, 2.05) is 13.0 Å². The van der Waals surface area contributed by atoms with Gasteiger partial charge in [-0.1, -0.05) is 33.5 Å². The molecule has 0 unspecified atom stereocenters. The number of nitrogens with zero attached hydrogens (tertiary/aromatic N) is 4. The van der Waals surface area contributed by atoms with Crippen LogP contribution in [0.4, 0.5) is 5.69 Å². The van der Waals surface area contributed by atoms with E-state index in [1.54, 1.807) is 0 Å². The molecule has 1 saturated heterocycles. The number of carbonyl (C=O) groups excluding carboxylic acids is 1. The lowest BCUT2D eigenvalue weighted by Crippen LogP contribution is -2.47. The summed E-state index contributed by atoms with van der Waals surface area (Å²) in [6.45, 7) is 17.8. The quantitative estimate of drug-likeness (QED) is 0.257. The molecular formula is C31H46N6O3Si. The van der Waals surface area contributed by atoms with Crippen LogP contribution in [0.25, 0.3) is 22.6 Å². The number of hydrogen-bond donors (Lipinski definition) is 2. The zero-order valence-electron chi connectivity index (χ0n) is 25.6. The number of ether oxygens (including phenoxy) is 2. The van der Waals surface area contributed by atoms with Gasteiger partial charge in [-0.2, -0.15) is 5.10 Å². The van der Waals surface area contributed by atoms with Crippen molar-refractivity contribution < 1.29 is 14.3 Å². The number of nitrogens with one attached hydrogen (secondary N) is 2. The van der Waals surface area contributed by atoms with Crippen LogP contribution in [0.3, 0.4) is 0 Å². The van der Waals surface area contributed by atoms with Crippen molar-refractivity contribution in [1.29, 1.82) is 0 Å². The summed E-state index contributed by atoms with van der Waals surface area (Å²) in [5.74, 6) is 1.53. The first-order valence-electron chi connectivity index (χ1n) is 15.4. The molecule has 1 aromatic carbocycles. The normalized spacial score (nSPS) is 23.3. The van der Waals surface area contributed by atoms with Gasteiger partial charge in [-0.15, -0.1) is 0 Å². The summed E-state index contributed by atoms with van der Waals surface area (Å²) in [5.41, 5.74) is 7.71. The first-order chi connectivity index (χ1) is 19.5. The van der Waals surface area contributed by atoms with Crippen molar-refractivity contribution in [2.24, 2.45) is 11.3 Å². The van der Waals surface area contributed by atoms with Gasteiger partial charge in [0.05, 0.1) is 30.3 Å². The molecule has 6 rings (SSSR count). The molecule has 3 atom stereocenters. The fraction of sp³-hybridized carbons (Fsp3) is 0.645. The molecule has 0 radical (unpaired) electrons. The second-order valence-corrected chi connectivity index (χ2v) is 19.5. The van der Waals surface area contributed by atoms with E-state index in [2.05, 4.69) is 59.4 Å². The third-order valence-corrected chi connectivity index (χ3v) is 11.2. The molecule has 3 aromatic rings. The van der Waals surface area contributed by atoms with E-state index < -0.39 is 8.07 Å². The van der Waals surface area contributed by atoms with Crippen molar-refractivity contribution >= 4 is 30.7 Å². The van der Waals surface area contributed by atoms with Gasteiger partial charge in [-0.25, -0.2) is 9.67 Å². The number of benzene rings is 1. The van der Waals surface area contributed by atoms with Crippen molar-refractivity contribution in [2.45, 2.75) is 84.9 Å². The largest absolute Gasteiger partial charge is 0.379 e. The first kappa shape index (κ1) is 28.6. The first-order valence-corrected chi connectivity index (χ1v) is 19.1. The van der Waals surface area contributed by atoms with E-state index in [0.29, 0.717) is 25.4 Å². The van der Waals surface area contributed by atoms with Crippen molar-refractivity contribution in [3.8, 4) is 11.5 Å². The number of morpholine rings is 1. The molecule has 2 aliphatic carbocycles. The van der Waals surface area contributed by atoms with Gasteiger partial charge in [-0.05, 0) is 67.7 Å². The van der Waals surface area contributed by atoms with Gasteiger partial charge < -0.3 is 19.8 Å². The number of aromatic nitrogens is 4. The Morgan fingerprint density at radius 2 is 2.07 bits per heavy atom. The lowest BCUT2D eigenvalue weighted by atomic mass is 9.87. The molecule has 3 aliphatic rings. The van der Waals surface area contributed by atoms with Crippen LogP contribution in [0.5, 0.6) is 0 Å². The third-order valence-electron chi connectivity index (χ3n) is 9.48. The van der Waals surface area contributed by atoms with Crippen LogP contribution in [-0.4, -0.2) is 77.6 Å². The number of anilines is 1. The Morgan fingerprint density at radius 1 is 1.29 bits per heavy atom. The number of amides is 1. The zero-order valence-corrected chi connectivity index (χ0v) is 26.6. The SMILES string of the molecule is CCc1cc2[nH]c(-c3nn(COCC[Si](C)(C)C)c4c3C[C@@H]3C[C@]3(C)C4)nc2cc1NC(=O)[C@H](C)N1CCOCC1. The molecule has 0 bridgehead atoms. The Balaban J connectivity index is 1.27. The summed E-state index contributed by atoms with van der Waals surface area (Å²) in [6, 6.07) is 5.07. The highest BCUT2D eigenvalue weighted by molar-refractivity contribution is 6.76. The average Bonchev–Trinajstić information content (AvgIpc) is 3.25. The summed E-state index contributed by atoms with van der Waals surface area (Å²) in [5, 5.41) is 8.29. The van der Waals surface area contributed by atoms with Gasteiger partial charge in [0.25, 0.3) is 0 Å². The van der Waals surface area contributed by atoms with Gasteiger partial charge in [0, 0.05) is 44.7 Å². The highest BCUT2D eigenvalue weighted by atomic mass is 28.3. The van der Waals surface area contributed by atoms with Crippen LogP contribution in [0.15, 0.2) is 12.1 Å². The van der Waals surface area contributed by atoms with Crippen LogP contribution in [0.2, 0.25) is 25.7 Å². The van der Waals surface area contributed by atoms with E-state index in [9.17, 15) is 4.79 Å². The molecule has 9 nitrogen and oxygen atoms in total. The van der Waals surface area contributed by atoms with Crippen molar-refractivity contribution in [3.05, 3.63) is 29.0 Å². The maximum Gasteiger partial charge on any atom is 0.241 e. The van der Waals surface area contributed by atoms with Crippen molar-refractivity contribution in [2.75, 3.05) is 38.2 Å². The minimum atomic E-state index is -1.15. The maximum atomic E-state index is 13.2. The molecule has 2 N–H and O–H groups in total. The molecule has 1 saturated carbocycles. The van der Waals surface area contributed by atoms with Crippen molar-refractivity contribution in [1.82, 2.24) is 24.6 Å². The van der Waals surface area contributed by atoms with Crippen LogP contribution in [-0.2, 0) is 40.3 Å². The van der Waals surface area contributed by atoms with Crippen molar-refractivity contribution in [3.63, 3.8) is 0 Å². The van der Waals surface area contributed by atoms with Gasteiger partial charge in [0.15, 0.2) is 5.82 Å². The predicted molar refractivity (Wildman–Crippen MR) is 165 cm³/mol. The summed E-state index contributed by atoms with van der Waals surface area (Å²) in [6.07, 6.45) is 4.19. The number of H-pyrrole nitrogens is 1. The van der Waals surface area contributed by atoms with Crippen LogP contribution < -0.4 is 5.32 Å². The van der Waals surface area contributed by atoms with Crippen LogP contribution >= 0.6 is 0 Å². The number of aromatic amines is 1. The smallest absolute Gasteiger partial charge is 0.241 e. The van der Waals surface area contributed by atoms with E-state index in [-0.39, 0.29) is 11.9 Å². The average molecular weight is 579 g/mol. The van der Waals surface area contributed by atoms with E-state index in [0.717, 1.165) is 84.7 Å². The molecule has 3 heterocycles. The van der Waals surface area contributed by atoms with E-state index in [1.165, 1.54) is 17.7 Å². The maximum absolute atomic E-state index is 13.2. The van der Waals surface area contributed by atoms with Crippen LogP contribution in [0, 0.1) is 11.3 Å². The second-order valence-electron chi connectivity index (χ2n) is 13.8. The van der Waals surface area contributed by atoms with Gasteiger partial charge in [0.2, 0.25) is 5.91 Å². The Morgan fingerprint density at radius 3 is 2.80 bits per heavy atom. The highest BCUT2D eigenvalue weighted by Gasteiger charge is 2.54. The fourth-order valence-electron chi connectivity index (χ4n) is 6.43. The Kier molecular flexibility index (Phi) is 7.63. The minimum absolute atomic E-state index is 0.00568. The van der Waals surface area contributed by atoms with E-state index in [4.69, 9.17) is 19.6 Å². The fourth-order valence-corrected chi connectivity index (χ4v) is 7.19. The van der Waals surface area contributed by atoms with Crippen LogP contribution in [0.1, 0.15) is 44.0 Å². The number of aryl methyl sites for hydroxylation is 1. The molecule has 1 amide bonds. The number of imidazole rings is 1. The summed E-state index contributed by atoms with van der Waals surface area (Å²) >= 11 is 0. The molecule has 41 heavy (non-hydrogen) atoms.